The van der Waals surface area contributed by atoms with Gasteiger partial charge in [0, 0.05) is 33.0 Å². The molecule has 1 aliphatic heterocycles. The predicted octanol–water partition coefficient (Wildman–Crippen LogP) is 7.69. The lowest BCUT2D eigenvalue weighted by molar-refractivity contribution is 0.0286. The minimum atomic E-state index is -1.14. The highest BCUT2D eigenvalue weighted by Crippen LogP contribution is 2.36. The molecule has 7 nitrogen and oxygen atoms in total. The predicted molar refractivity (Wildman–Crippen MR) is 169 cm³/mol. The van der Waals surface area contributed by atoms with Gasteiger partial charge >= 0.3 is 6.09 Å². The van der Waals surface area contributed by atoms with Crippen molar-refractivity contribution in [3.05, 3.63) is 95.4 Å². The summed E-state index contributed by atoms with van der Waals surface area (Å²) in [6.45, 7) is 9.40. The summed E-state index contributed by atoms with van der Waals surface area (Å²) in [5, 5.41) is 4.81. The Bertz CT molecular complexity index is 1310. The molecule has 1 amide bonds. The molecule has 1 aliphatic carbocycles. The molecule has 2 aromatic carbocycles. The van der Waals surface area contributed by atoms with E-state index in [9.17, 15) is 4.79 Å². The van der Waals surface area contributed by atoms with Crippen LogP contribution in [-0.2, 0) is 27.5 Å². The van der Waals surface area contributed by atoms with Crippen molar-refractivity contribution in [2.24, 2.45) is 0 Å². The van der Waals surface area contributed by atoms with E-state index < -0.39 is 8.07 Å². The van der Waals surface area contributed by atoms with Gasteiger partial charge in [-0.05, 0) is 61.3 Å². The summed E-state index contributed by atoms with van der Waals surface area (Å²) in [4.78, 5) is 15.0. The van der Waals surface area contributed by atoms with E-state index in [1.54, 1.807) is 4.90 Å². The Balaban J connectivity index is 1.24. The number of aromatic nitrogens is 2. The van der Waals surface area contributed by atoms with Crippen LogP contribution >= 0.6 is 0 Å². The molecule has 1 fully saturated rings. The van der Waals surface area contributed by atoms with Crippen molar-refractivity contribution in [2.75, 3.05) is 19.8 Å². The molecule has 8 heteroatoms. The summed E-state index contributed by atoms with van der Waals surface area (Å²) in [6, 6.07) is 23.7. The van der Waals surface area contributed by atoms with Crippen LogP contribution in [0.2, 0.25) is 25.7 Å². The summed E-state index contributed by atoms with van der Waals surface area (Å²) < 4.78 is 20.0. The third-order valence-corrected chi connectivity index (χ3v) is 9.96. The number of hydrogen-bond donors (Lipinski definition) is 0. The van der Waals surface area contributed by atoms with E-state index in [2.05, 4.69) is 50.0 Å². The molecule has 2 heterocycles. The lowest BCUT2D eigenvalue weighted by Crippen LogP contribution is -2.31. The number of benzene rings is 2. The Labute approximate surface area is 251 Å². The van der Waals surface area contributed by atoms with Crippen molar-refractivity contribution in [2.45, 2.75) is 83.1 Å². The molecule has 1 aromatic heterocycles. The second-order valence-electron chi connectivity index (χ2n) is 12.7. The van der Waals surface area contributed by atoms with Gasteiger partial charge in [0.1, 0.15) is 13.3 Å². The van der Waals surface area contributed by atoms with Gasteiger partial charge in [-0.25, -0.2) is 9.48 Å². The Morgan fingerprint density at radius 3 is 2.36 bits per heavy atom. The second-order valence-corrected chi connectivity index (χ2v) is 18.3. The zero-order valence-corrected chi connectivity index (χ0v) is 26.3. The van der Waals surface area contributed by atoms with E-state index in [0.717, 1.165) is 60.9 Å². The first-order valence-corrected chi connectivity index (χ1v) is 19.0. The third kappa shape index (κ3) is 8.43. The molecule has 1 saturated carbocycles. The SMILES string of the molecule is C[Si](C)(C)CCOCn1ccc(C2=C(COC3CCC(c4ccccc4)CC3)N(C(=O)OCc3ccccc3)CC2)n1. The maximum Gasteiger partial charge on any atom is 0.414 e. The molecule has 5 rings (SSSR count). The van der Waals surface area contributed by atoms with Crippen molar-refractivity contribution in [1.82, 2.24) is 14.7 Å². The van der Waals surface area contributed by atoms with Crippen LogP contribution in [0.25, 0.3) is 5.57 Å². The molecule has 224 valence electrons. The van der Waals surface area contributed by atoms with Crippen molar-refractivity contribution >= 4 is 19.7 Å². The summed E-state index contributed by atoms with van der Waals surface area (Å²) in [5.74, 6) is 0.591. The first-order valence-electron chi connectivity index (χ1n) is 15.3. The minimum Gasteiger partial charge on any atom is -0.444 e. The number of carbonyl (C=O) groups excluding carboxylic acids is 1. The summed E-state index contributed by atoms with van der Waals surface area (Å²) in [5.41, 5.74) is 5.17. The molecule has 0 spiro atoms. The van der Waals surface area contributed by atoms with E-state index in [4.69, 9.17) is 19.3 Å². The number of carbonyl (C=O) groups is 1. The van der Waals surface area contributed by atoms with Crippen molar-refractivity contribution < 1.29 is 19.0 Å². The van der Waals surface area contributed by atoms with Crippen LogP contribution in [0.4, 0.5) is 4.79 Å². The van der Waals surface area contributed by atoms with E-state index >= 15 is 0 Å². The van der Waals surface area contributed by atoms with Crippen LogP contribution in [0.5, 0.6) is 0 Å². The van der Waals surface area contributed by atoms with Crippen LogP contribution in [0.1, 0.15) is 54.8 Å². The molecule has 0 saturated heterocycles. The number of hydrogen-bond acceptors (Lipinski definition) is 5. The zero-order valence-electron chi connectivity index (χ0n) is 25.3. The van der Waals surface area contributed by atoms with E-state index in [-0.39, 0.29) is 18.8 Å². The van der Waals surface area contributed by atoms with Crippen LogP contribution in [-0.4, -0.2) is 54.7 Å². The lowest BCUT2D eigenvalue weighted by Gasteiger charge is -2.30. The van der Waals surface area contributed by atoms with Gasteiger partial charge in [-0.1, -0.05) is 80.3 Å². The minimum absolute atomic E-state index is 0.179. The largest absolute Gasteiger partial charge is 0.444 e. The maximum atomic E-state index is 13.3. The van der Waals surface area contributed by atoms with Gasteiger partial charge in [0.15, 0.2) is 0 Å². The van der Waals surface area contributed by atoms with Crippen molar-refractivity contribution in [1.29, 1.82) is 0 Å². The molecule has 0 unspecified atom stereocenters. The molecule has 0 bridgehead atoms. The average Bonchev–Trinajstić information content (AvgIpc) is 3.65. The zero-order chi connectivity index (χ0) is 29.4. The fourth-order valence-corrected chi connectivity index (χ4v) is 6.48. The smallest absolute Gasteiger partial charge is 0.414 e. The second kappa shape index (κ2) is 14.3. The normalized spacial score (nSPS) is 19.4. The molecule has 2 aliphatic rings. The topological polar surface area (TPSA) is 65.8 Å². The first kappa shape index (κ1) is 30.3. The van der Waals surface area contributed by atoms with Crippen LogP contribution in [0.3, 0.4) is 0 Å². The Kier molecular flexibility index (Phi) is 10.3. The Morgan fingerprint density at radius 1 is 0.929 bits per heavy atom. The molecule has 3 aromatic rings. The first-order chi connectivity index (χ1) is 20.4. The lowest BCUT2D eigenvalue weighted by atomic mass is 9.83. The van der Waals surface area contributed by atoms with Gasteiger partial charge in [-0.15, -0.1) is 0 Å². The number of rotatable bonds is 12. The average molecular weight is 588 g/mol. The summed E-state index contributed by atoms with van der Waals surface area (Å²) in [6.07, 6.45) is 6.78. The molecular formula is C34H45N3O4Si. The van der Waals surface area contributed by atoms with E-state index in [0.29, 0.717) is 32.2 Å². The van der Waals surface area contributed by atoms with Crippen LogP contribution < -0.4 is 0 Å². The van der Waals surface area contributed by atoms with Crippen LogP contribution in [0.15, 0.2) is 78.6 Å². The molecule has 0 N–H and O–H groups in total. The number of ether oxygens (including phenoxy) is 3. The van der Waals surface area contributed by atoms with Crippen LogP contribution in [0, 0.1) is 0 Å². The Hall–Kier alpha value is -3.20. The quantitative estimate of drug-likeness (QED) is 0.161. The molecule has 42 heavy (non-hydrogen) atoms. The Morgan fingerprint density at radius 2 is 1.64 bits per heavy atom. The number of amides is 1. The fraction of sp³-hybridized carbons (Fsp3) is 0.471. The summed E-state index contributed by atoms with van der Waals surface area (Å²) in [7, 11) is -1.14. The van der Waals surface area contributed by atoms with E-state index in [1.165, 1.54) is 5.56 Å². The standard InChI is InChI=1S/C34H45N3O4Si/c1-42(2,3)23-22-39-26-36-20-19-32(35-36)31-18-21-37(34(38)41-24-27-10-6-4-7-11-27)33(31)25-40-30-16-14-29(15-17-30)28-12-8-5-9-13-28/h4-13,19-20,29-30H,14-18,21-26H2,1-3H3. The summed E-state index contributed by atoms with van der Waals surface area (Å²) >= 11 is 0. The third-order valence-electron chi connectivity index (χ3n) is 8.26. The fourth-order valence-electron chi connectivity index (χ4n) is 5.72. The van der Waals surface area contributed by atoms with Gasteiger partial charge in [-0.2, -0.15) is 5.10 Å². The van der Waals surface area contributed by atoms with Gasteiger partial charge < -0.3 is 14.2 Å². The van der Waals surface area contributed by atoms with Gasteiger partial charge in [0.25, 0.3) is 0 Å². The number of nitrogens with zero attached hydrogens (tertiary/aromatic N) is 3. The van der Waals surface area contributed by atoms with Gasteiger partial charge in [0.05, 0.1) is 24.1 Å². The molecular weight excluding hydrogens is 542 g/mol. The monoisotopic (exact) mass is 587 g/mol. The highest BCUT2D eigenvalue weighted by molar-refractivity contribution is 6.76. The highest BCUT2D eigenvalue weighted by Gasteiger charge is 2.32. The molecule has 0 atom stereocenters. The van der Waals surface area contributed by atoms with Gasteiger partial charge in [-0.3, -0.25) is 4.90 Å². The van der Waals surface area contributed by atoms with E-state index in [1.807, 2.05) is 47.3 Å². The van der Waals surface area contributed by atoms with Crippen molar-refractivity contribution in [3.63, 3.8) is 0 Å². The van der Waals surface area contributed by atoms with Crippen molar-refractivity contribution in [3.8, 4) is 0 Å². The van der Waals surface area contributed by atoms with Gasteiger partial charge in [0.2, 0.25) is 0 Å². The maximum absolute atomic E-state index is 13.3. The highest BCUT2D eigenvalue weighted by atomic mass is 28.3. The molecule has 0 radical (unpaired) electrons.